The second kappa shape index (κ2) is 10.2. The largest absolute Gasteiger partial charge is 0.467 e. The van der Waals surface area contributed by atoms with Gasteiger partial charge in [-0.05, 0) is 17.5 Å². The summed E-state index contributed by atoms with van der Waals surface area (Å²) in [4.78, 5) is 13.7. The van der Waals surface area contributed by atoms with Crippen LogP contribution in [0.25, 0.3) is 0 Å². The maximum atomic E-state index is 11.1. The average Bonchev–Trinajstić information content (AvgIpc) is 2.73. The van der Waals surface area contributed by atoms with Crippen LogP contribution in [-0.2, 0) is 14.3 Å². The van der Waals surface area contributed by atoms with Crippen molar-refractivity contribution in [2.45, 2.75) is 18.5 Å². The van der Waals surface area contributed by atoms with E-state index in [2.05, 4.69) is 75.6 Å². The van der Waals surface area contributed by atoms with Gasteiger partial charge in [-0.1, -0.05) is 60.7 Å². The first-order valence-corrected chi connectivity index (χ1v) is 9.50. The lowest BCUT2D eigenvalue weighted by Crippen LogP contribution is -2.52. The van der Waals surface area contributed by atoms with Gasteiger partial charge in [0.1, 0.15) is 6.61 Å². The zero-order valence-corrected chi connectivity index (χ0v) is 15.8. The van der Waals surface area contributed by atoms with Gasteiger partial charge in [-0.15, -0.1) is 0 Å². The highest BCUT2D eigenvalue weighted by molar-refractivity contribution is 5.70. The Labute approximate surface area is 161 Å². The summed E-state index contributed by atoms with van der Waals surface area (Å²) >= 11 is 0. The highest BCUT2D eigenvalue weighted by atomic mass is 16.6. The number of rotatable bonds is 8. The van der Waals surface area contributed by atoms with Gasteiger partial charge in [0.05, 0.1) is 13.2 Å². The van der Waals surface area contributed by atoms with E-state index in [0.717, 1.165) is 26.1 Å². The zero-order chi connectivity index (χ0) is 18.9. The molecule has 1 aliphatic heterocycles. The van der Waals surface area contributed by atoms with E-state index in [1.54, 1.807) is 0 Å². The molecule has 1 heterocycles. The first-order valence-electron chi connectivity index (χ1n) is 9.50. The Morgan fingerprint density at radius 2 is 1.74 bits per heavy atom. The second-order valence-electron chi connectivity index (χ2n) is 6.79. The number of piperazine rings is 1. The molecule has 0 bridgehead atoms. The zero-order valence-electron chi connectivity index (χ0n) is 15.8. The molecule has 0 saturated carbocycles. The Balaban J connectivity index is 1.65. The van der Waals surface area contributed by atoms with Crippen LogP contribution in [0.4, 0.5) is 0 Å². The normalized spacial score (nSPS) is 17.8. The molecule has 144 valence electrons. The molecule has 1 saturated heterocycles. The molecular weight excluding hydrogens is 340 g/mol. The van der Waals surface area contributed by atoms with Crippen molar-refractivity contribution in [1.29, 1.82) is 0 Å². The van der Waals surface area contributed by atoms with E-state index < -0.39 is 0 Å². The van der Waals surface area contributed by atoms with Crippen molar-refractivity contribution in [3.8, 4) is 0 Å². The molecule has 1 aliphatic rings. The van der Waals surface area contributed by atoms with E-state index in [0.29, 0.717) is 12.6 Å². The summed E-state index contributed by atoms with van der Waals surface area (Å²) in [6.07, 6.45) is 0.865. The number of hydrogen-bond acceptors (Lipinski definition) is 5. The third kappa shape index (κ3) is 5.63. The molecule has 1 atom stereocenters. The van der Waals surface area contributed by atoms with E-state index in [1.807, 2.05) is 0 Å². The molecule has 1 N–H and O–H groups in total. The van der Waals surface area contributed by atoms with Crippen LogP contribution in [0.1, 0.15) is 23.6 Å². The number of nitrogens with one attached hydrogen (secondary N) is 1. The standard InChI is InChI=1S/C22H28N2O3/c1-26-21(25)17-27-15-12-20-16-24(14-13-23-20)22(18-8-4-2-5-9-18)19-10-6-3-7-11-19/h2-11,20,22-23H,12-17H2,1H3. The Morgan fingerprint density at radius 1 is 1.11 bits per heavy atom. The fourth-order valence-electron chi connectivity index (χ4n) is 3.60. The van der Waals surface area contributed by atoms with Gasteiger partial charge in [-0.25, -0.2) is 4.79 Å². The molecule has 5 heteroatoms. The van der Waals surface area contributed by atoms with E-state index in [4.69, 9.17) is 4.74 Å². The summed E-state index contributed by atoms with van der Waals surface area (Å²) in [6.45, 7) is 3.44. The number of hydrogen-bond donors (Lipinski definition) is 1. The lowest BCUT2D eigenvalue weighted by Gasteiger charge is -2.39. The van der Waals surface area contributed by atoms with Crippen molar-refractivity contribution in [3.63, 3.8) is 0 Å². The van der Waals surface area contributed by atoms with Crippen LogP contribution in [0, 0.1) is 0 Å². The molecular formula is C22H28N2O3. The highest BCUT2D eigenvalue weighted by Gasteiger charge is 2.27. The predicted molar refractivity (Wildman–Crippen MR) is 106 cm³/mol. The lowest BCUT2D eigenvalue weighted by molar-refractivity contribution is -0.146. The number of carbonyl (C=O) groups excluding carboxylic acids is 1. The molecule has 1 fully saturated rings. The van der Waals surface area contributed by atoms with Crippen LogP contribution in [0.5, 0.6) is 0 Å². The summed E-state index contributed by atoms with van der Waals surface area (Å²) < 4.78 is 10.0. The Bertz CT molecular complexity index is 654. The van der Waals surface area contributed by atoms with Crippen LogP contribution in [0.2, 0.25) is 0 Å². The summed E-state index contributed by atoms with van der Waals surface area (Å²) in [5, 5.41) is 3.57. The van der Waals surface area contributed by atoms with Gasteiger partial charge in [0.2, 0.25) is 0 Å². The van der Waals surface area contributed by atoms with Crippen molar-refractivity contribution in [2.24, 2.45) is 0 Å². The predicted octanol–water partition coefficient (Wildman–Crippen LogP) is 2.63. The first kappa shape index (κ1) is 19.5. The van der Waals surface area contributed by atoms with Crippen molar-refractivity contribution < 1.29 is 14.3 Å². The van der Waals surface area contributed by atoms with E-state index >= 15 is 0 Å². The quantitative estimate of drug-likeness (QED) is 0.573. The number of methoxy groups -OCH3 is 1. The van der Waals surface area contributed by atoms with Crippen LogP contribution in [0.15, 0.2) is 60.7 Å². The summed E-state index contributed by atoms with van der Waals surface area (Å²) in [6, 6.07) is 21.9. The van der Waals surface area contributed by atoms with Gasteiger partial charge in [0, 0.05) is 32.3 Å². The minimum atomic E-state index is -0.332. The van der Waals surface area contributed by atoms with Crippen LogP contribution in [-0.4, -0.2) is 56.9 Å². The fraction of sp³-hybridized carbons (Fsp3) is 0.409. The van der Waals surface area contributed by atoms with Crippen molar-refractivity contribution in [2.75, 3.05) is 40.0 Å². The summed E-state index contributed by atoms with van der Waals surface area (Å²) in [5.74, 6) is -0.332. The van der Waals surface area contributed by atoms with Gasteiger partial charge in [-0.2, -0.15) is 0 Å². The molecule has 0 aliphatic carbocycles. The Kier molecular flexibility index (Phi) is 7.39. The minimum absolute atomic E-state index is 0.0175. The number of nitrogens with zero attached hydrogens (tertiary/aromatic N) is 1. The van der Waals surface area contributed by atoms with E-state index in [9.17, 15) is 4.79 Å². The number of carbonyl (C=O) groups is 1. The third-order valence-electron chi connectivity index (χ3n) is 4.94. The maximum Gasteiger partial charge on any atom is 0.331 e. The molecule has 0 amide bonds. The maximum absolute atomic E-state index is 11.1. The van der Waals surface area contributed by atoms with Gasteiger partial charge in [0.15, 0.2) is 0 Å². The van der Waals surface area contributed by atoms with Crippen LogP contribution < -0.4 is 5.32 Å². The molecule has 3 rings (SSSR count). The molecule has 2 aromatic rings. The molecule has 27 heavy (non-hydrogen) atoms. The lowest BCUT2D eigenvalue weighted by atomic mass is 9.95. The number of esters is 1. The monoisotopic (exact) mass is 368 g/mol. The smallest absolute Gasteiger partial charge is 0.331 e. The second-order valence-corrected chi connectivity index (χ2v) is 6.79. The SMILES string of the molecule is COC(=O)COCCC1CN(C(c2ccccc2)c2ccccc2)CCN1. The van der Waals surface area contributed by atoms with E-state index in [1.165, 1.54) is 18.2 Å². The molecule has 0 spiro atoms. The number of ether oxygens (including phenoxy) is 2. The highest BCUT2D eigenvalue weighted by Crippen LogP contribution is 2.29. The summed E-state index contributed by atoms with van der Waals surface area (Å²) in [5.41, 5.74) is 2.62. The molecule has 0 aromatic heterocycles. The van der Waals surface area contributed by atoms with Crippen molar-refractivity contribution in [1.82, 2.24) is 10.2 Å². The Hall–Kier alpha value is -2.21. The summed E-state index contributed by atoms with van der Waals surface area (Å²) in [7, 11) is 1.37. The number of benzene rings is 2. The van der Waals surface area contributed by atoms with Crippen molar-refractivity contribution >= 4 is 5.97 Å². The van der Waals surface area contributed by atoms with Crippen molar-refractivity contribution in [3.05, 3.63) is 71.8 Å². The molecule has 1 unspecified atom stereocenters. The van der Waals surface area contributed by atoms with Gasteiger partial charge < -0.3 is 14.8 Å². The molecule has 0 radical (unpaired) electrons. The average molecular weight is 368 g/mol. The topological polar surface area (TPSA) is 50.8 Å². The molecule has 5 nitrogen and oxygen atoms in total. The van der Waals surface area contributed by atoms with Gasteiger partial charge >= 0.3 is 5.97 Å². The van der Waals surface area contributed by atoms with Gasteiger partial charge in [0.25, 0.3) is 0 Å². The minimum Gasteiger partial charge on any atom is -0.467 e. The first-order chi connectivity index (χ1) is 13.3. The van der Waals surface area contributed by atoms with Crippen LogP contribution >= 0.6 is 0 Å². The fourth-order valence-corrected chi connectivity index (χ4v) is 3.60. The molecule has 2 aromatic carbocycles. The van der Waals surface area contributed by atoms with Gasteiger partial charge in [-0.3, -0.25) is 4.90 Å². The third-order valence-corrected chi connectivity index (χ3v) is 4.94. The van der Waals surface area contributed by atoms with Crippen LogP contribution in [0.3, 0.4) is 0 Å². The van der Waals surface area contributed by atoms with E-state index in [-0.39, 0.29) is 18.6 Å². The Morgan fingerprint density at radius 3 is 2.33 bits per heavy atom.